The Hall–Kier alpha value is -1.26. The van der Waals surface area contributed by atoms with Crippen molar-refractivity contribution in [2.75, 3.05) is 19.8 Å². The van der Waals surface area contributed by atoms with Crippen LogP contribution in [0.25, 0.3) is 0 Å². The van der Waals surface area contributed by atoms with Crippen LogP contribution in [-0.4, -0.2) is 48.6 Å². The van der Waals surface area contributed by atoms with E-state index in [4.69, 9.17) is 9.47 Å². The largest absolute Gasteiger partial charge is 0.471 e. The molecule has 21 heavy (non-hydrogen) atoms. The first kappa shape index (κ1) is 16.1. The van der Waals surface area contributed by atoms with Gasteiger partial charge in [-0.05, 0) is 13.3 Å². The van der Waals surface area contributed by atoms with Crippen LogP contribution >= 0.6 is 0 Å². The van der Waals surface area contributed by atoms with E-state index in [2.05, 4.69) is 11.8 Å². The molecule has 4 nitrogen and oxygen atoms in total. The normalized spacial score (nSPS) is 25.3. The number of alkyl halides is 3. The first-order chi connectivity index (χ1) is 9.88. The van der Waals surface area contributed by atoms with E-state index in [-0.39, 0.29) is 19.4 Å². The molecule has 118 valence electrons. The zero-order valence-corrected chi connectivity index (χ0v) is 11.8. The number of rotatable bonds is 1. The molecule has 0 aromatic rings. The second kappa shape index (κ2) is 6.24. The number of hydrogen-bond donors (Lipinski definition) is 0. The van der Waals surface area contributed by atoms with Crippen molar-refractivity contribution in [1.29, 1.82) is 0 Å². The molecule has 0 aromatic carbocycles. The molecule has 1 spiro atoms. The van der Waals surface area contributed by atoms with Gasteiger partial charge in [0.1, 0.15) is 0 Å². The number of hydrogen-bond acceptors (Lipinski definition) is 3. The Bertz CT molecular complexity index is 447. The minimum atomic E-state index is -4.87. The quantitative estimate of drug-likeness (QED) is 0.696. The van der Waals surface area contributed by atoms with Crippen LogP contribution in [0, 0.1) is 11.8 Å². The smallest absolute Gasteiger partial charge is 0.347 e. The van der Waals surface area contributed by atoms with Crippen LogP contribution < -0.4 is 0 Å². The predicted octanol–water partition coefficient (Wildman–Crippen LogP) is 2.09. The molecule has 0 aromatic heterocycles. The Morgan fingerprint density at radius 1 is 1.38 bits per heavy atom. The van der Waals surface area contributed by atoms with Gasteiger partial charge in [0.05, 0.1) is 13.2 Å². The standard InChI is InChI=1S/C14H18F3NO3/c1-2-3-5-11-10-13(20-8-9-21-13)6-4-7-18(11)12(19)14(15,16)17/h11H,4-10H2,1H3. The number of amides is 1. The fraction of sp³-hybridized carbons (Fsp3) is 0.786. The van der Waals surface area contributed by atoms with Crippen LogP contribution in [0.2, 0.25) is 0 Å². The third kappa shape index (κ3) is 3.69. The lowest BCUT2D eigenvalue weighted by Gasteiger charge is -2.33. The number of carbonyl (C=O) groups excluding carboxylic acids is 1. The van der Waals surface area contributed by atoms with Gasteiger partial charge in [-0.1, -0.05) is 0 Å². The van der Waals surface area contributed by atoms with Crippen LogP contribution in [0.1, 0.15) is 32.6 Å². The third-order valence-corrected chi connectivity index (χ3v) is 3.78. The van der Waals surface area contributed by atoms with Crippen LogP contribution in [0.3, 0.4) is 0 Å². The minimum absolute atomic E-state index is 0.0445. The Balaban J connectivity index is 2.21. The summed E-state index contributed by atoms with van der Waals surface area (Å²) in [7, 11) is 0. The van der Waals surface area contributed by atoms with E-state index in [9.17, 15) is 18.0 Å². The lowest BCUT2D eigenvalue weighted by atomic mass is 10.0. The van der Waals surface area contributed by atoms with Crippen LogP contribution in [0.15, 0.2) is 0 Å². The highest BCUT2D eigenvalue weighted by atomic mass is 19.4. The molecular formula is C14H18F3NO3. The molecule has 0 saturated carbocycles. The van der Waals surface area contributed by atoms with Gasteiger partial charge in [-0.3, -0.25) is 4.79 Å². The Morgan fingerprint density at radius 2 is 2.05 bits per heavy atom. The number of halogens is 3. The summed E-state index contributed by atoms with van der Waals surface area (Å²) < 4.78 is 49.4. The molecule has 0 aliphatic carbocycles. The maximum absolute atomic E-state index is 12.7. The topological polar surface area (TPSA) is 38.8 Å². The van der Waals surface area contributed by atoms with Gasteiger partial charge in [0.15, 0.2) is 5.79 Å². The van der Waals surface area contributed by atoms with Gasteiger partial charge in [0, 0.05) is 31.8 Å². The summed E-state index contributed by atoms with van der Waals surface area (Å²) in [5.74, 6) is 2.76. The Kier molecular flexibility index (Phi) is 4.79. The maximum Gasteiger partial charge on any atom is 0.471 e. The van der Waals surface area contributed by atoms with Gasteiger partial charge in [-0.25, -0.2) is 0 Å². The number of ether oxygens (including phenoxy) is 2. The lowest BCUT2D eigenvalue weighted by molar-refractivity contribution is -0.191. The third-order valence-electron chi connectivity index (χ3n) is 3.78. The zero-order chi connectivity index (χ0) is 15.5. The molecule has 2 aliphatic heterocycles. The summed E-state index contributed by atoms with van der Waals surface area (Å²) in [6, 6.07) is -0.646. The molecular weight excluding hydrogens is 287 g/mol. The lowest BCUT2D eigenvalue weighted by Crippen LogP contribution is -2.48. The monoisotopic (exact) mass is 305 g/mol. The molecule has 0 bridgehead atoms. The highest BCUT2D eigenvalue weighted by molar-refractivity contribution is 5.82. The van der Waals surface area contributed by atoms with Crippen molar-refractivity contribution in [3.8, 4) is 11.8 Å². The van der Waals surface area contributed by atoms with E-state index >= 15 is 0 Å². The van der Waals surface area contributed by atoms with Crippen LogP contribution in [0.4, 0.5) is 13.2 Å². The maximum atomic E-state index is 12.7. The van der Waals surface area contributed by atoms with Crippen LogP contribution in [0.5, 0.6) is 0 Å². The predicted molar refractivity (Wildman–Crippen MR) is 68.1 cm³/mol. The van der Waals surface area contributed by atoms with Gasteiger partial charge in [-0.15, -0.1) is 11.8 Å². The second-order valence-corrected chi connectivity index (χ2v) is 5.20. The van der Waals surface area contributed by atoms with Gasteiger partial charge < -0.3 is 14.4 Å². The highest BCUT2D eigenvalue weighted by Crippen LogP contribution is 2.36. The SMILES string of the molecule is CC#CCC1CC2(CCCN1C(=O)C(F)(F)F)OCCO2. The van der Waals surface area contributed by atoms with Crippen molar-refractivity contribution in [3.05, 3.63) is 0 Å². The number of carbonyl (C=O) groups is 1. The number of nitrogens with zero attached hydrogens (tertiary/aromatic N) is 1. The average Bonchev–Trinajstić information content (AvgIpc) is 2.78. The van der Waals surface area contributed by atoms with Crippen molar-refractivity contribution in [2.24, 2.45) is 0 Å². The van der Waals surface area contributed by atoms with Crippen LogP contribution in [-0.2, 0) is 14.3 Å². The first-order valence-corrected chi connectivity index (χ1v) is 6.93. The van der Waals surface area contributed by atoms with Gasteiger partial charge in [-0.2, -0.15) is 13.2 Å². The van der Waals surface area contributed by atoms with Gasteiger partial charge in [0.25, 0.3) is 0 Å². The van der Waals surface area contributed by atoms with E-state index in [1.54, 1.807) is 6.92 Å². The number of likely N-dealkylation sites (tertiary alicyclic amines) is 1. The Labute approximate surface area is 121 Å². The molecule has 0 radical (unpaired) electrons. The summed E-state index contributed by atoms with van der Waals surface area (Å²) in [5, 5.41) is 0. The van der Waals surface area contributed by atoms with Crippen molar-refractivity contribution < 1.29 is 27.4 Å². The Morgan fingerprint density at radius 3 is 2.62 bits per heavy atom. The van der Waals surface area contributed by atoms with Crippen molar-refractivity contribution in [1.82, 2.24) is 4.90 Å². The molecule has 7 heteroatoms. The van der Waals surface area contributed by atoms with Gasteiger partial charge >= 0.3 is 12.1 Å². The minimum Gasteiger partial charge on any atom is -0.347 e. The molecule has 2 fully saturated rings. The van der Waals surface area contributed by atoms with Crippen molar-refractivity contribution >= 4 is 5.91 Å². The summed E-state index contributed by atoms with van der Waals surface area (Å²) in [5.41, 5.74) is 0. The van der Waals surface area contributed by atoms with E-state index in [0.29, 0.717) is 26.1 Å². The molecule has 2 rings (SSSR count). The summed E-state index contributed by atoms with van der Waals surface area (Å²) >= 11 is 0. The summed E-state index contributed by atoms with van der Waals surface area (Å²) in [4.78, 5) is 12.5. The highest BCUT2D eigenvalue weighted by Gasteiger charge is 2.49. The summed E-state index contributed by atoms with van der Waals surface area (Å²) in [6.45, 7) is 2.52. The summed E-state index contributed by atoms with van der Waals surface area (Å²) in [6.07, 6.45) is -3.55. The molecule has 2 aliphatic rings. The van der Waals surface area contributed by atoms with Crippen molar-refractivity contribution in [3.63, 3.8) is 0 Å². The molecule has 0 N–H and O–H groups in total. The molecule has 2 saturated heterocycles. The molecule has 2 heterocycles. The fourth-order valence-electron chi connectivity index (χ4n) is 2.86. The fourth-order valence-corrected chi connectivity index (χ4v) is 2.86. The van der Waals surface area contributed by atoms with E-state index in [1.165, 1.54) is 0 Å². The van der Waals surface area contributed by atoms with Crippen molar-refractivity contribution in [2.45, 2.75) is 50.6 Å². The van der Waals surface area contributed by atoms with Gasteiger partial charge in [0.2, 0.25) is 0 Å². The molecule has 1 atom stereocenters. The molecule has 1 unspecified atom stereocenters. The first-order valence-electron chi connectivity index (χ1n) is 6.93. The van der Waals surface area contributed by atoms with E-state index in [0.717, 1.165) is 4.90 Å². The molecule has 1 amide bonds. The zero-order valence-electron chi connectivity index (χ0n) is 11.8. The van der Waals surface area contributed by atoms with E-state index in [1.807, 2.05) is 0 Å². The average molecular weight is 305 g/mol. The van der Waals surface area contributed by atoms with E-state index < -0.39 is 23.9 Å². The second-order valence-electron chi connectivity index (χ2n) is 5.20.